The van der Waals surface area contributed by atoms with Crippen molar-refractivity contribution in [3.63, 3.8) is 0 Å². The third kappa shape index (κ3) is 4.25. The van der Waals surface area contributed by atoms with Crippen LogP contribution in [0.5, 0.6) is 0 Å². The number of amides is 1. The molecule has 0 aliphatic rings. The smallest absolute Gasteiger partial charge is 0.373 e. The summed E-state index contributed by atoms with van der Waals surface area (Å²) in [7, 11) is -1.12. The number of nitrogens with zero attached hydrogens (tertiary/aromatic N) is 1. The zero-order chi connectivity index (χ0) is 14.1. The highest BCUT2D eigenvalue weighted by Crippen LogP contribution is 2.40. The van der Waals surface area contributed by atoms with Gasteiger partial charge in [-0.25, -0.2) is 0 Å². The van der Waals surface area contributed by atoms with Crippen LogP contribution < -0.4 is 0 Å². The van der Waals surface area contributed by atoms with E-state index in [2.05, 4.69) is 0 Å². The van der Waals surface area contributed by atoms with Crippen LogP contribution in [0.3, 0.4) is 0 Å². The van der Waals surface area contributed by atoms with Crippen LogP contribution in [-0.2, 0) is 4.79 Å². The monoisotopic (exact) mass is 277 g/mol. The normalized spacial score (nSPS) is 13.7. The third-order valence-electron chi connectivity index (χ3n) is 2.85. The molecular weight excluding hydrogens is 261 g/mol. The maximum absolute atomic E-state index is 12.7. The summed E-state index contributed by atoms with van der Waals surface area (Å²) in [6, 6.07) is -0.296. The van der Waals surface area contributed by atoms with Gasteiger partial charge in [-0.05, 0) is 6.04 Å². The van der Waals surface area contributed by atoms with E-state index in [1.165, 1.54) is 18.5 Å². The van der Waals surface area contributed by atoms with Gasteiger partial charge in [0.2, 0.25) is 5.91 Å². The van der Waals surface area contributed by atoms with Crippen LogP contribution in [-0.4, -0.2) is 37.9 Å². The number of carbonyl (C=O) groups is 1. The summed E-state index contributed by atoms with van der Waals surface area (Å²) < 4.78 is 62.6. The molecule has 0 aliphatic heterocycles. The molecule has 0 unspecified atom stereocenters. The first-order valence-corrected chi connectivity index (χ1v) is 8.15. The standard InChI is InChI=1S/C9H16F5NOSi/c1-7(16)15(2)17(3,4)6-5-8(10,11)9(12,13)14/h5-6H2,1-4H3. The van der Waals surface area contributed by atoms with Crippen LogP contribution in [0.15, 0.2) is 0 Å². The highest BCUT2D eigenvalue weighted by atomic mass is 28.3. The molecule has 8 heteroatoms. The van der Waals surface area contributed by atoms with E-state index in [0.717, 1.165) is 0 Å². The van der Waals surface area contributed by atoms with Gasteiger partial charge in [-0.3, -0.25) is 4.79 Å². The first-order valence-electron chi connectivity index (χ1n) is 5.00. The molecule has 1 amide bonds. The van der Waals surface area contributed by atoms with E-state index in [4.69, 9.17) is 0 Å². The van der Waals surface area contributed by atoms with Crippen LogP contribution in [0.1, 0.15) is 13.3 Å². The fourth-order valence-corrected chi connectivity index (χ4v) is 3.31. The number of alkyl halides is 5. The van der Waals surface area contributed by atoms with Gasteiger partial charge in [0.15, 0.2) is 8.24 Å². The van der Waals surface area contributed by atoms with E-state index in [0.29, 0.717) is 0 Å². The lowest BCUT2D eigenvalue weighted by molar-refractivity contribution is -0.282. The highest BCUT2D eigenvalue weighted by molar-refractivity contribution is 6.76. The summed E-state index contributed by atoms with van der Waals surface area (Å²) >= 11 is 0. The molecule has 0 radical (unpaired) electrons. The molecule has 0 aromatic rings. The summed E-state index contributed by atoms with van der Waals surface area (Å²) in [5.74, 6) is -5.01. The minimum absolute atomic E-state index is 0.296. The lowest BCUT2D eigenvalue weighted by Gasteiger charge is -2.34. The topological polar surface area (TPSA) is 20.3 Å². The SMILES string of the molecule is CC(=O)N(C)[Si](C)(C)CCC(F)(F)C(F)(F)F. The van der Waals surface area contributed by atoms with Crippen molar-refractivity contribution in [3.05, 3.63) is 0 Å². The van der Waals surface area contributed by atoms with Crippen molar-refractivity contribution in [1.82, 2.24) is 4.57 Å². The third-order valence-corrected chi connectivity index (χ3v) is 6.45. The predicted molar refractivity (Wildman–Crippen MR) is 56.4 cm³/mol. The molecule has 2 nitrogen and oxygen atoms in total. The van der Waals surface area contributed by atoms with Gasteiger partial charge < -0.3 is 4.57 Å². The summed E-state index contributed by atoms with van der Waals surface area (Å²) in [6.07, 6.45) is -6.79. The second kappa shape index (κ2) is 4.91. The van der Waals surface area contributed by atoms with Gasteiger partial charge in [-0.15, -0.1) is 0 Å². The molecule has 102 valence electrons. The molecule has 0 atom stereocenters. The second-order valence-electron chi connectivity index (χ2n) is 4.59. The summed E-state index contributed by atoms with van der Waals surface area (Å²) in [6.45, 7) is 4.43. The fourth-order valence-electron chi connectivity index (χ4n) is 1.20. The molecule has 0 saturated carbocycles. The van der Waals surface area contributed by atoms with E-state index in [1.807, 2.05) is 0 Å². The number of hydrogen-bond donors (Lipinski definition) is 0. The van der Waals surface area contributed by atoms with Crippen LogP contribution >= 0.6 is 0 Å². The van der Waals surface area contributed by atoms with E-state index < -0.39 is 26.8 Å². The Morgan fingerprint density at radius 3 is 1.88 bits per heavy atom. The van der Waals surface area contributed by atoms with Gasteiger partial charge in [0, 0.05) is 20.4 Å². The molecule has 0 fully saturated rings. The van der Waals surface area contributed by atoms with Crippen molar-refractivity contribution >= 4 is 14.1 Å². The Morgan fingerprint density at radius 2 is 1.59 bits per heavy atom. The van der Waals surface area contributed by atoms with Crippen LogP contribution in [0.4, 0.5) is 22.0 Å². The Hall–Kier alpha value is -0.663. The van der Waals surface area contributed by atoms with Crippen LogP contribution in [0, 0.1) is 0 Å². The van der Waals surface area contributed by atoms with E-state index in [9.17, 15) is 26.7 Å². The Kier molecular flexibility index (Phi) is 4.72. The minimum atomic E-state index is -5.52. The molecule has 0 bridgehead atoms. The average Bonchev–Trinajstić information content (AvgIpc) is 2.12. The minimum Gasteiger partial charge on any atom is -0.373 e. The van der Waals surface area contributed by atoms with Crippen LogP contribution in [0.25, 0.3) is 0 Å². The van der Waals surface area contributed by atoms with Gasteiger partial charge in [0.1, 0.15) is 0 Å². The molecule has 0 saturated heterocycles. The Bertz CT molecular complexity index is 290. The van der Waals surface area contributed by atoms with Gasteiger partial charge in [-0.1, -0.05) is 13.1 Å². The highest BCUT2D eigenvalue weighted by Gasteiger charge is 2.57. The van der Waals surface area contributed by atoms with Crippen molar-refractivity contribution in [2.45, 2.75) is 44.6 Å². The van der Waals surface area contributed by atoms with Crippen molar-refractivity contribution in [1.29, 1.82) is 0 Å². The largest absolute Gasteiger partial charge is 0.453 e. The second-order valence-corrected chi connectivity index (χ2v) is 9.39. The van der Waals surface area contributed by atoms with Crippen molar-refractivity contribution < 1.29 is 26.7 Å². The predicted octanol–water partition coefficient (Wildman–Crippen LogP) is 3.26. The molecule has 0 aromatic heterocycles. The van der Waals surface area contributed by atoms with Gasteiger partial charge in [-0.2, -0.15) is 22.0 Å². The quantitative estimate of drug-likeness (QED) is 0.570. The molecule has 0 rings (SSSR count). The zero-order valence-electron chi connectivity index (χ0n) is 10.2. The molecule has 0 aliphatic carbocycles. The first kappa shape index (κ1) is 16.3. The average molecular weight is 277 g/mol. The van der Waals surface area contributed by atoms with E-state index in [1.54, 1.807) is 13.1 Å². The first-order chi connectivity index (χ1) is 7.31. The van der Waals surface area contributed by atoms with Crippen molar-refractivity contribution in [2.75, 3.05) is 7.05 Å². The zero-order valence-corrected chi connectivity index (χ0v) is 11.2. The Balaban J connectivity index is 4.62. The van der Waals surface area contributed by atoms with E-state index in [-0.39, 0.29) is 12.0 Å². The number of carbonyl (C=O) groups excluding carboxylic acids is 1. The summed E-state index contributed by atoms with van der Waals surface area (Å²) in [5.41, 5.74) is 0. The number of rotatable bonds is 4. The van der Waals surface area contributed by atoms with E-state index >= 15 is 0 Å². The van der Waals surface area contributed by atoms with Gasteiger partial charge in [0.25, 0.3) is 0 Å². The lowest BCUT2D eigenvalue weighted by Crippen LogP contribution is -2.50. The summed E-state index contributed by atoms with van der Waals surface area (Å²) in [4.78, 5) is 11.1. The molecular formula is C9H16F5NOSi. The maximum atomic E-state index is 12.7. The molecule has 0 heterocycles. The van der Waals surface area contributed by atoms with Gasteiger partial charge in [0.05, 0.1) is 0 Å². The van der Waals surface area contributed by atoms with Crippen molar-refractivity contribution in [3.8, 4) is 0 Å². The Morgan fingerprint density at radius 1 is 1.18 bits per heavy atom. The Labute approximate surface area is 97.9 Å². The number of hydrogen-bond acceptors (Lipinski definition) is 1. The summed E-state index contributed by atoms with van der Waals surface area (Å²) in [5, 5.41) is 0. The molecule has 0 aromatic carbocycles. The maximum Gasteiger partial charge on any atom is 0.453 e. The molecule has 17 heavy (non-hydrogen) atoms. The molecule has 0 N–H and O–H groups in total. The fraction of sp³-hybridized carbons (Fsp3) is 0.889. The van der Waals surface area contributed by atoms with Crippen LogP contribution in [0.2, 0.25) is 19.1 Å². The van der Waals surface area contributed by atoms with Gasteiger partial charge >= 0.3 is 12.1 Å². The lowest BCUT2D eigenvalue weighted by atomic mass is 10.2. The molecule has 0 spiro atoms. The number of halogens is 5. The van der Waals surface area contributed by atoms with Crippen molar-refractivity contribution in [2.24, 2.45) is 0 Å².